The maximum atomic E-state index is 12.4. The smallest absolute Gasteiger partial charge is 0.240 e. The van der Waals surface area contributed by atoms with Crippen molar-refractivity contribution in [2.24, 2.45) is 5.92 Å². The van der Waals surface area contributed by atoms with E-state index in [4.69, 9.17) is 0 Å². The second kappa shape index (κ2) is 6.44. The number of nitrogens with zero attached hydrogens (tertiary/aromatic N) is 2. The van der Waals surface area contributed by atoms with Crippen molar-refractivity contribution >= 4 is 5.91 Å². The SMILES string of the molecule is CC1NC(C2CCCC2)N(CCN2CCCCC2)C1=O. The first-order chi connectivity index (χ1) is 9.75. The highest BCUT2D eigenvalue weighted by molar-refractivity contribution is 5.84. The Balaban J connectivity index is 1.57. The van der Waals surface area contributed by atoms with Gasteiger partial charge in [0.05, 0.1) is 12.2 Å². The second-order valence-electron chi connectivity index (χ2n) is 6.81. The molecule has 2 aliphatic heterocycles. The largest absolute Gasteiger partial charge is 0.324 e. The van der Waals surface area contributed by atoms with Crippen LogP contribution in [0.1, 0.15) is 51.9 Å². The Morgan fingerprint density at radius 2 is 1.75 bits per heavy atom. The van der Waals surface area contributed by atoms with E-state index in [-0.39, 0.29) is 6.04 Å². The summed E-state index contributed by atoms with van der Waals surface area (Å²) >= 11 is 0. The number of carbonyl (C=O) groups is 1. The topological polar surface area (TPSA) is 35.6 Å². The summed E-state index contributed by atoms with van der Waals surface area (Å²) in [5.74, 6) is 1.00. The van der Waals surface area contributed by atoms with Gasteiger partial charge in [0.25, 0.3) is 0 Å². The number of carbonyl (C=O) groups excluding carboxylic acids is 1. The molecule has 0 radical (unpaired) electrons. The summed E-state index contributed by atoms with van der Waals surface area (Å²) in [6.07, 6.45) is 9.60. The fourth-order valence-electron chi connectivity index (χ4n) is 4.15. The molecule has 1 N–H and O–H groups in total. The molecule has 1 saturated carbocycles. The summed E-state index contributed by atoms with van der Waals surface area (Å²) < 4.78 is 0. The molecule has 2 unspecified atom stereocenters. The molecule has 4 nitrogen and oxygen atoms in total. The maximum absolute atomic E-state index is 12.4. The van der Waals surface area contributed by atoms with Gasteiger partial charge in [-0.3, -0.25) is 10.1 Å². The molecular formula is C16H29N3O. The molecule has 2 saturated heterocycles. The standard InChI is InChI=1S/C16H29N3O/c1-13-16(20)19(12-11-18-9-5-2-6-10-18)15(17-13)14-7-3-4-8-14/h13-15,17H,2-12H2,1H3. The Hall–Kier alpha value is -0.610. The van der Waals surface area contributed by atoms with Crippen LogP contribution in [-0.4, -0.2) is 54.1 Å². The predicted molar refractivity (Wildman–Crippen MR) is 80.3 cm³/mol. The zero-order valence-corrected chi connectivity index (χ0v) is 12.8. The van der Waals surface area contributed by atoms with Gasteiger partial charge in [-0.25, -0.2) is 0 Å². The van der Waals surface area contributed by atoms with Crippen molar-refractivity contribution < 1.29 is 4.79 Å². The van der Waals surface area contributed by atoms with Gasteiger partial charge in [0, 0.05) is 13.1 Å². The van der Waals surface area contributed by atoms with E-state index in [1.165, 1.54) is 58.0 Å². The van der Waals surface area contributed by atoms with Crippen LogP contribution in [0.25, 0.3) is 0 Å². The van der Waals surface area contributed by atoms with E-state index in [2.05, 4.69) is 15.1 Å². The van der Waals surface area contributed by atoms with Crippen LogP contribution in [0.2, 0.25) is 0 Å². The molecule has 1 aliphatic carbocycles. The van der Waals surface area contributed by atoms with Crippen molar-refractivity contribution in [2.45, 2.75) is 64.1 Å². The first kappa shape index (κ1) is 14.3. The summed E-state index contributed by atoms with van der Waals surface area (Å²) in [7, 11) is 0. The van der Waals surface area contributed by atoms with Crippen molar-refractivity contribution in [1.82, 2.24) is 15.1 Å². The van der Waals surface area contributed by atoms with Crippen LogP contribution in [-0.2, 0) is 4.79 Å². The van der Waals surface area contributed by atoms with E-state index in [0.29, 0.717) is 18.0 Å². The Bertz CT molecular complexity index is 335. The third kappa shape index (κ3) is 3.01. The first-order valence-electron chi connectivity index (χ1n) is 8.54. The van der Waals surface area contributed by atoms with E-state index in [1.807, 2.05) is 6.92 Å². The van der Waals surface area contributed by atoms with Gasteiger partial charge in [-0.2, -0.15) is 0 Å². The minimum atomic E-state index is 0.0157. The van der Waals surface area contributed by atoms with Crippen molar-refractivity contribution in [3.63, 3.8) is 0 Å². The number of hydrogen-bond acceptors (Lipinski definition) is 3. The Morgan fingerprint density at radius 1 is 1.05 bits per heavy atom. The lowest BCUT2D eigenvalue weighted by Gasteiger charge is -2.32. The molecule has 3 aliphatic rings. The van der Waals surface area contributed by atoms with Crippen molar-refractivity contribution in [1.29, 1.82) is 0 Å². The van der Waals surface area contributed by atoms with Crippen molar-refractivity contribution in [2.75, 3.05) is 26.2 Å². The van der Waals surface area contributed by atoms with Gasteiger partial charge < -0.3 is 9.80 Å². The number of nitrogens with one attached hydrogen (secondary N) is 1. The lowest BCUT2D eigenvalue weighted by molar-refractivity contribution is -0.130. The monoisotopic (exact) mass is 279 g/mol. The lowest BCUT2D eigenvalue weighted by atomic mass is 10.0. The highest BCUT2D eigenvalue weighted by Crippen LogP contribution is 2.31. The van der Waals surface area contributed by atoms with Gasteiger partial charge in [-0.05, 0) is 51.6 Å². The minimum absolute atomic E-state index is 0.0157. The molecule has 0 aromatic heterocycles. The van der Waals surface area contributed by atoms with E-state index in [9.17, 15) is 4.79 Å². The minimum Gasteiger partial charge on any atom is -0.324 e. The van der Waals surface area contributed by atoms with Gasteiger partial charge >= 0.3 is 0 Å². The molecule has 3 rings (SSSR count). The van der Waals surface area contributed by atoms with Gasteiger partial charge in [0.15, 0.2) is 0 Å². The first-order valence-corrected chi connectivity index (χ1v) is 8.54. The number of amides is 1. The number of piperidine rings is 1. The van der Waals surface area contributed by atoms with Gasteiger partial charge in [-0.15, -0.1) is 0 Å². The Morgan fingerprint density at radius 3 is 2.45 bits per heavy atom. The molecule has 2 atom stereocenters. The molecule has 4 heteroatoms. The second-order valence-corrected chi connectivity index (χ2v) is 6.81. The third-order valence-corrected chi connectivity index (χ3v) is 5.36. The molecule has 0 bridgehead atoms. The van der Waals surface area contributed by atoms with E-state index >= 15 is 0 Å². The number of likely N-dealkylation sites (tertiary alicyclic amines) is 1. The summed E-state index contributed by atoms with van der Waals surface area (Å²) in [4.78, 5) is 17.1. The zero-order chi connectivity index (χ0) is 13.9. The van der Waals surface area contributed by atoms with Crippen molar-refractivity contribution in [3.8, 4) is 0 Å². The van der Waals surface area contributed by atoms with Gasteiger partial charge in [-0.1, -0.05) is 19.3 Å². The third-order valence-electron chi connectivity index (χ3n) is 5.36. The molecule has 20 heavy (non-hydrogen) atoms. The average Bonchev–Trinajstić information content (AvgIpc) is 3.08. The van der Waals surface area contributed by atoms with Crippen molar-refractivity contribution in [3.05, 3.63) is 0 Å². The zero-order valence-electron chi connectivity index (χ0n) is 12.8. The highest BCUT2D eigenvalue weighted by atomic mass is 16.2. The summed E-state index contributed by atoms with van der Waals surface area (Å²) in [5, 5.41) is 3.54. The van der Waals surface area contributed by atoms with E-state index < -0.39 is 0 Å². The molecule has 0 aromatic carbocycles. The van der Waals surface area contributed by atoms with E-state index in [0.717, 1.165) is 13.1 Å². The van der Waals surface area contributed by atoms with Crippen LogP contribution in [0.15, 0.2) is 0 Å². The van der Waals surface area contributed by atoms with Crippen LogP contribution in [0.3, 0.4) is 0 Å². The quantitative estimate of drug-likeness (QED) is 0.852. The van der Waals surface area contributed by atoms with Crippen LogP contribution in [0.4, 0.5) is 0 Å². The van der Waals surface area contributed by atoms with Gasteiger partial charge in [0.1, 0.15) is 0 Å². The number of rotatable bonds is 4. The van der Waals surface area contributed by atoms with Gasteiger partial charge in [0.2, 0.25) is 5.91 Å². The molecule has 1 amide bonds. The summed E-state index contributed by atoms with van der Waals surface area (Å²) in [6, 6.07) is 0.0157. The Kier molecular flexibility index (Phi) is 4.61. The van der Waals surface area contributed by atoms with Crippen LogP contribution < -0.4 is 5.32 Å². The maximum Gasteiger partial charge on any atom is 0.240 e. The molecule has 2 heterocycles. The molecule has 114 valence electrons. The predicted octanol–water partition coefficient (Wildman–Crippen LogP) is 1.81. The Labute approximate surface area is 122 Å². The van der Waals surface area contributed by atoms with Crippen LogP contribution >= 0.6 is 0 Å². The molecular weight excluding hydrogens is 250 g/mol. The van der Waals surface area contributed by atoms with Crippen LogP contribution in [0.5, 0.6) is 0 Å². The summed E-state index contributed by atoms with van der Waals surface area (Å²) in [5.41, 5.74) is 0. The molecule has 3 fully saturated rings. The van der Waals surface area contributed by atoms with E-state index in [1.54, 1.807) is 0 Å². The fourth-order valence-corrected chi connectivity index (χ4v) is 4.15. The number of hydrogen-bond donors (Lipinski definition) is 1. The highest BCUT2D eigenvalue weighted by Gasteiger charge is 2.41. The lowest BCUT2D eigenvalue weighted by Crippen LogP contribution is -2.46. The normalized spacial score (nSPS) is 33.2. The fraction of sp³-hybridized carbons (Fsp3) is 0.938. The molecule has 0 aromatic rings. The summed E-state index contributed by atoms with van der Waals surface area (Å²) in [6.45, 7) is 6.43. The van der Waals surface area contributed by atoms with Crippen LogP contribution in [0, 0.1) is 5.92 Å². The average molecular weight is 279 g/mol. The molecule has 0 spiro atoms.